The highest BCUT2D eigenvalue weighted by molar-refractivity contribution is 7.13. The number of rotatable bonds is 6. The lowest BCUT2D eigenvalue weighted by Crippen LogP contribution is -2.44. The summed E-state index contributed by atoms with van der Waals surface area (Å²) in [5.41, 5.74) is 2.84. The molecule has 1 fully saturated rings. The van der Waals surface area contributed by atoms with E-state index < -0.39 is 0 Å². The van der Waals surface area contributed by atoms with Crippen LogP contribution in [0.1, 0.15) is 43.0 Å². The second-order valence-corrected chi connectivity index (χ2v) is 7.80. The van der Waals surface area contributed by atoms with Crippen LogP contribution < -0.4 is 5.32 Å². The van der Waals surface area contributed by atoms with Gasteiger partial charge in [0.05, 0.1) is 23.6 Å². The van der Waals surface area contributed by atoms with Crippen LogP contribution in [0.5, 0.6) is 0 Å². The number of carbonyl (C=O) groups is 1. The quantitative estimate of drug-likeness (QED) is 0.832. The van der Waals surface area contributed by atoms with E-state index in [-0.39, 0.29) is 18.1 Å². The van der Waals surface area contributed by atoms with Crippen LogP contribution in [0, 0.1) is 13.8 Å². The van der Waals surface area contributed by atoms with E-state index in [2.05, 4.69) is 34.2 Å². The van der Waals surface area contributed by atoms with Crippen LogP contribution in [0.4, 0.5) is 5.13 Å². The van der Waals surface area contributed by atoms with Crippen LogP contribution in [-0.2, 0) is 22.5 Å². The van der Waals surface area contributed by atoms with E-state index in [9.17, 15) is 4.79 Å². The maximum atomic E-state index is 12.2. The summed E-state index contributed by atoms with van der Waals surface area (Å²) in [6.45, 7) is 10.5. The van der Waals surface area contributed by atoms with Gasteiger partial charge in [-0.3, -0.25) is 9.69 Å². The zero-order valence-corrected chi connectivity index (χ0v) is 16.6. The van der Waals surface area contributed by atoms with Gasteiger partial charge in [0.2, 0.25) is 5.91 Å². The van der Waals surface area contributed by atoms with Crippen molar-refractivity contribution < 1.29 is 14.1 Å². The van der Waals surface area contributed by atoms with Gasteiger partial charge >= 0.3 is 0 Å². The number of amides is 1. The fourth-order valence-corrected chi connectivity index (χ4v) is 4.08. The zero-order chi connectivity index (χ0) is 18.7. The van der Waals surface area contributed by atoms with Gasteiger partial charge in [-0.05, 0) is 34.1 Å². The van der Waals surface area contributed by atoms with Crippen LogP contribution in [0.25, 0.3) is 0 Å². The number of anilines is 1. The molecule has 0 spiro atoms. The molecule has 2 aromatic heterocycles. The number of aromatic nitrogens is 2. The molecule has 1 saturated heterocycles. The molecular formula is C18H26N4O3S. The molecule has 0 bridgehead atoms. The van der Waals surface area contributed by atoms with Crippen LogP contribution in [0.3, 0.4) is 0 Å². The standard InChI is InChI=1S/C18H26N4O3S/c1-11-7-22(8-12(2)24-11)9-15-10-26-18(19-15)20-17(23)6-5-16-13(3)21-25-14(16)4/h10-12H,5-9H2,1-4H3,(H,19,20,23)/t11-,12-/m1/s1. The molecule has 2 atom stereocenters. The highest BCUT2D eigenvalue weighted by atomic mass is 32.1. The summed E-state index contributed by atoms with van der Waals surface area (Å²) in [6, 6.07) is 0. The predicted octanol–water partition coefficient (Wildman–Crippen LogP) is 2.93. The molecule has 142 valence electrons. The van der Waals surface area contributed by atoms with Crippen LogP contribution >= 0.6 is 11.3 Å². The summed E-state index contributed by atoms with van der Waals surface area (Å²) in [4.78, 5) is 19.1. The summed E-state index contributed by atoms with van der Waals surface area (Å²) < 4.78 is 10.9. The van der Waals surface area contributed by atoms with Gasteiger partial charge in [-0.2, -0.15) is 0 Å². The van der Waals surface area contributed by atoms with Gasteiger partial charge in [-0.1, -0.05) is 5.16 Å². The minimum absolute atomic E-state index is 0.0421. The summed E-state index contributed by atoms with van der Waals surface area (Å²) >= 11 is 1.47. The molecular weight excluding hydrogens is 352 g/mol. The SMILES string of the molecule is Cc1noc(C)c1CCC(=O)Nc1nc(CN2C[C@@H](C)O[C@H](C)C2)cs1. The van der Waals surface area contributed by atoms with Crippen LogP contribution in [0.2, 0.25) is 0 Å². The van der Waals surface area contributed by atoms with Crippen molar-refractivity contribution in [2.75, 3.05) is 18.4 Å². The number of hydrogen-bond donors (Lipinski definition) is 1. The van der Waals surface area contributed by atoms with Crippen molar-refractivity contribution in [3.8, 4) is 0 Å². The Morgan fingerprint density at radius 3 is 2.73 bits per heavy atom. The topological polar surface area (TPSA) is 80.5 Å². The summed E-state index contributed by atoms with van der Waals surface area (Å²) in [5.74, 6) is 0.736. The number of nitrogens with zero attached hydrogens (tertiary/aromatic N) is 3. The highest BCUT2D eigenvalue weighted by Crippen LogP contribution is 2.20. The average Bonchev–Trinajstić information content (AvgIpc) is 3.11. The molecule has 0 saturated carbocycles. The van der Waals surface area contributed by atoms with Gasteiger partial charge in [0, 0.05) is 37.0 Å². The molecule has 0 aliphatic carbocycles. The number of carbonyl (C=O) groups excluding carboxylic acids is 1. The summed E-state index contributed by atoms with van der Waals surface area (Å²) in [7, 11) is 0. The van der Waals surface area contributed by atoms with Crippen molar-refractivity contribution >= 4 is 22.4 Å². The number of hydrogen-bond acceptors (Lipinski definition) is 7. The zero-order valence-electron chi connectivity index (χ0n) is 15.7. The van der Waals surface area contributed by atoms with Crippen molar-refractivity contribution in [1.29, 1.82) is 0 Å². The molecule has 1 N–H and O–H groups in total. The van der Waals surface area contributed by atoms with Crippen LogP contribution in [0.15, 0.2) is 9.90 Å². The van der Waals surface area contributed by atoms with E-state index in [1.807, 2.05) is 19.2 Å². The van der Waals surface area contributed by atoms with Gasteiger partial charge < -0.3 is 14.6 Å². The first kappa shape index (κ1) is 19.0. The maximum Gasteiger partial charge on any atom is 0.226 e. The van der Waals surface area contributed by atoms with Gasteiger partial charge in [0.25, 0.3) is 0 Å². The molecule has 1 amide bonds. The molecule has 8 heteroatoms. The highest BCUT2D eigenvalue weighted by Gasteiger charge is 2.22. The number of thiazole rings is 1. The first-order chi connectivity index (χ1) is 12.4. The molecule has 0 unspecified atom stereocenters. The molecule has 1 aliphatic rings. The van der Waals surface area contributed by atoms with Gasteiger partial charge in [0.1, 0.15) is 5.76 Å². The number of morpholine rings is 1. The third kappa shape index (κ3) is 4.90. The minimum Gasteiger partial charge on any atom is -0.373 e. The third-order valence-electron chi connectivity index (χ3n) is 4.46. The Hall–Kier alpha value is -1.77. The first-order valence-electron chi connectivity index (χ1n) is 8.94. The van der Waals surface area contributed by atoms with Crippen LogP contribution in [-0.4, -0.2) is 46.2 Å². The van der Waals surface area contributed by atoms with E-state index in [4.69, 9.17) is 9.26 Å². The second kappa shape index (κ2) is 8.28. The Balaban J connectivity index is 1.49. The molecule has 26 heavy (non-hydrogen) atoms. The third-order valence-corrected chi connectivity index (χ3v) is 5.27. The maximum absolute atomic E-state index is 12.2. The van der Waals surface area contributed by atoms with E-state index in [0.29, 0.717) is 18.0 Å². The van der Waals surface area contributed by atoms with Gasteiger partial charge in [-0.15, -0.1) is 11.3 Å². The lowest BCUT2D eigenvalue weighted by Gasteiger charge is -2.34. The van der Waals surface area contributed by atoms with Crippen molar-refractivity contribution in [1.82, 2.24) is 15.0 Å². The number of nitrogens with one attached hydrogen (secondary N) is 1. The molecule has 3 rings (SSSR count). The Labute approximate surface area is 157 Å². The normalized spacial score (nSPS) is 21.1. The molecule has 0 radical (unpaired) electrons. The lowest BCUT2D eigenvalue weighted by molar-refractivity contribution is -0.116. The first-order valence-corrected chi connectivity index (χ1v) is 9.82. The van der Waals surface area contributed by atoms with Crippen molar-refractivity contribution in [3.63, 3.8) is 0 Å². The summed E-state index contributed by atoms with van der Waals surface area (Å²) in [6.07, 6.45) is 1.48. The Morgan fingerprint density at radius 2 is 2.08 bits per heavy atom. The molecule has 7 nitrogen and oxygen atoms in total. The largest absolute Gasteiger partial charge is 0.373 e. The second-order valence-electron chi connectivity index (χ2n) is 6.95. The molecule has 3 heterocycles. The lowest BCUT2D eigenvalue weighted by atomic mass is 10.1. The Kier molecular flexibility index (Phi) is 6.05. The smallest absolute Gasteiger partial charge is 0.226 e. The fourth-order valence-electron chi connectivity index (χ4n) is 3.36. The van der Waals surface area contributed by atoms with Crippen molar-refractivity contribution in [2.24, 2.45) is 0 Å². The monoisotopic (exact) mass is 378 g/mol. The average molecular weight is 378 g/mol. The van der Waals surface area contributed by atoms with Gasteiger partial charge in [-0.25, -0.2) is 4.98 Å². The molecule has 1 aliphatic heterocycles. The fraction of sp³-hybridized carbons (Fsp3) is 0.611. The Bertz CT molecular complexity index is 728. The molecule has 0 aromatic carbocycles. The van der Waals surface area contributed by atoms with Crippen molar-refractivity contribution in [2.45, 2.75) is 59.3 Å². The minimum atomic E-state index is -0.0421. The Morgan fingerprint density at radius 1 is 1.35 bits per heavy atom. The predicted molar refractivity (Wildman–Crippen MR) is 100 cm³/mol. The van der Waals surface area contributed by atoms with E-state index in [1.54, 1.807) is 0 Å². The van der Waals surface area contributed by atoms with E-state index >= 15 is 0 Å². The van der Waals surface area contributed by atoms with E-state index in [0.717, 1.165) is 42.3 Å². The molecule has 2 aromatic rings. The van der Waals surface area contributed by atoms with E-state index in [1.165, 1.54) is 11.3 Å². The van der Waals surface area contributed by atoms with Crippen molar-refractivity contribution in [3.05, 3.63) is 28.1 Å². The number of aryl methyl sites for hydroxylation is 2. The summed E-state index contributed by atoms with van der Waals surface area (Å²) in [5, 5.41) is 9.47. The number of ether oxygens (including phenoxy) is 1. The van der Waals surface area contributed by atoms with Gasteiger partial charge in [0.15, 0.2) is 5.13 Å².